The summed E-state index contributed by atoms with van der Waals surface area (Å²) in [6.45, 7) is 4.38. The predicted octanol–water partition coefficient (Wildman–Crippen LogP) is 5.69. The molecule has 224 valence electrons. The van der Waals surface area contributed by atoms with Gasteiger partial charge in [0.1, 0.15) is 17.3 Å². The fourth-order valence-electron chi connectivity index (χ4n) is 5.50. The maximum atomic E-state index is 14.0. The SMILES string of the molecule is CC[C@@H]1CCCN1Cc1sc(NC(=O)c2cnc(N3CCC(C(=O)O)CC3)cn2)nc1-c1ccc(F)c(C(F)(F)F)c1. The normalized spacial score (nSPS) is 18.4. The summed E-state index contributed by atoms with van der Waals surface area (Å²) in [5.74, 6) is -2.63. The average Bonchev–Trinajstić information content (AvgIpc) is 3.59. The van der Waals surface area contributed by atoms with Gasteiger partial charge >= 0.3 is 12.1 Å². The highest BCUT2D eigenvalue weighted by Crippen LogP contribution is 2.38. The Kier molecular flexibility index (Phi) is 8.73. The summed E-state index contributed by atoms with van der Waals surface area (Å²) < 4.78 is 54.4. The minimum absolute atomic E-state index is 0.0178. The molecule has 5 rings (SSSR count). The Labute approximate surface area is 243 Å². The van der Waals surface area contributed by atoms with Crippen molar-refractivity contribution in [2.45, 2.75) is 57.8 Å². The molecule has 0 aliphatic carbocycles. The summed E-state index contributed by atoms with van der Waals surface area (Å²) in [5.41, 5.74) is -0.990. The van der Waals surface area contributed by atoms with Gasteiger partial charge in [0.05, 0.1) is 29.6 Å². The average molecular weight is 607 g/mol. The van der Waals surface area contributed by atoms with E-state index < -0.39 is 29.4 Å². The van der Waals surface area contributed by atoms with Gasteiger partial charge in [0.2, 0.25) is 0 Å². The van der Waals surface area contributed by atoms with Crippen molar-refractivity contribution in [1.29, 1.82) is 0 Å². The molecular weight excluding hydrogens is 576 g/mol. The van der Waals surface area contributed by atoms with Crippen LogP contribution in [0.25, 0.3) is 11.3 Å². The number of benzene rings is 1. The first kappa shape index (κ1) is 29.8. The van der Waals surface area contributed by atoms with Crippen LogP contribution in [0.15, 0.2) is 30.6 Å². The number of thiazole rings is 1. The molecule has 0 spiro atoms. The summed E-state index contributed by atoms with van der Waals surface area (Å²) in [6.07, 6.45) is 1.84. The molecule has 2 N–H and O–H groups in total. The molecule has 0 radical (unpaired) electrons. The molecule has 2 aliphatic heterocycles. The number of halogens is 4. The van der Waals surface area contributed by atoms with Gasteiger partial charge < -0.3 is 10.0 Å². The summed E-state index contributed by atoms with van der Waals surface area (Å²) in [7, 11) is 0. The summed E-state index contributed by atoms with van der Waals surface area (Å²) in [5, 5.41) is 12.1. The van der Waals surface area contributed by atoms with E-state index in [4.69, 9.17) is 0 Å². The molecule has 0 saturated carbocycles. The zero-order valence-electron chi connectivity index (χ0n) is 22.8. The molecule has 4 heterocycles. The van der Waals surface area contributed by atoms with Crippen LogP contribution in [0.5, 0.6) is 0 Å². The van der Waals surface area contributed by atoms with Gasteiger partial charge in [0.15, 0.2) is 5.13 Å². The second kappa shape index (κ2) is 12.3. The van der Waals surface area contributed by atoms with Gasteiger partial charge in [0.25, 0.3) is 5.91 Å². The third-order valence-corrected chi connectivity index (χ3v) is 8.77. The highest BCUT2D eigenvalue weighted by Gasteiger charge is 2.35. The second-order valence-corrected chi connectivity index (χ2v) is 11.6. The van der Waals surface area contributed by atoms with Crippen molar-refractivity contribution < 1.29 is 32.3 Å². The van der Waals surface area contributed by atoms with Crippen molar-refractivity contribution in [1.82, 2.24) is 19.9 Å². The van der Waals surface area contributed by atoms with E-state index in [1.165, 1.54) is 18.5 Å². The Bertz CT molecular complexity index is 1440. The molecule has 0 bridgehead atoms. The number of amides is 1. The van der Waals surface area contributed by atoms with Crippen molar-refractivity contribution >= 4 is 34.2 Å². The zero-order chi connectivity index (χ0) is 30.0. The molecule has 42 heavy (non-hydrogen) atoms. The van der Waals surface area contributed by atoms with E-state index in [1.54, 1.807) is 0 Å². The first-order valence-electron chi connectivity index (χ1n) is 13.8. The Hall–Kier alpha value is -3.65. The third kappa shape index (κ3) is 6.54. The Balaban J connectivity index is 1.36. The van der Waals surface area contributed by atoms with Gasteiger partial charge in [0, 0.05) is 36.1 Å². The molecule has 2 aromatic heterocycles. The number of rotatable bonds is 8. The van der Waals surface area contributed by atoms with Gasteiger partial charge in [-0.25, -0.2) is 19.3 Å². The highest BCUT2D eigenvalue weighted by atomic mass is 32.1. The number of carbonyl (C=O) groups excluding carboxylic acids is 1. The van der Waals surface area contributed by atoms with Gasteiger partial charge in [-0.3, -0.25) is 19.8 Å². The van der Waals surface area contributed by atoms with Crippen LogP contribution in [0.1, 0.15) is 60.0 Å². The van der Waals surface area contributed by atoms with E-state index in [1.807, 2.05) is 4.90 Å². The van der Waals surface area contributed by atoms with E-state index in [9.17, 15) is 32.3 Å². The van der Waals surface area contributed by atoms with Crippen molar-refractivity contribution in [2.75, 3.05) is 29.9 Å². The van der Waals surface area contributed by atoms with E-state index >= 15 is 0 Å². The summed E-state index contributed by atoms with van der Waals surface area (Å²) >= 11 is 1.16. The number of anilines is 2. The van der Waals surface area contributed by atoms with Crippen molar-refractivity contribution in [3.63, 3.8) is 0 Å². The third-order valence-electron chi connectivity index (χ3n) is 7.82. The molecule has 1 aromatic carbocycles. The molecule has 0 unspecified atom stereocenters. The Morgan fingerprint density at radius 1 is 1.12 bits per heavy atom. The first-order chi connectivity index (χ1) is 20.0. The maximum Gasteiger partial charge on any atom is 0.419 e. The van der Waals surface area contributed by atoms with Crippen LogP contribution in [0.3, 0.4) is 0 Å². The van der Waals surface area contributed by atoms with Gasteiger partial charge in [-0.1, -0.05) is 18.3 Å². The van der Waals surface area contributed by atoms with Crippen molar-refractivity contribution in [3.8, 4) is 11.3 Å². The van der Waals surface area contributed by atoms with Crippen LogP contribution in [-0.2, 0) is 17.5 Å². The van der Waals surface area contributed by atoms with Crippen LogP contribution >= 0.6 is 11.3 Å². The number of nitrogens with zero attached hydrogens (tertiary/aromatic N) is 5. The van der Waals surface area contributed by atoms with E-state index in [0.717, 1.165) is 49.3 Å². The van der Waals surface area contributed by atoms with Crippen LogP contribution in [-0.4, -0.2) is 62.5 Å². The first-order valence-corrected chi connectivity index (χ1v) is 14.6. The van der Waals surface area contributed by atoms with Gasteiger partial charge in [-0.05, 0) is 56.8 Å². The fourth-order valence-corrected chi connectivity index (χ4v) is 6.50. The van der Waals surface area contributed by atoms with Crippen LogP contribution in [0.2, 0.25) is 0 Å². The van der Waals surface area contributed by atoms with Crippen LogP contribution in [0.4, 0.5) is 28.5 Å². The topological polar surface area (TPSA) is 112 Å². The lowest BCUT2D eigenvalue weighted by Crippen LogP contribution is -2.36. The quantitative estimate of drug-likeness (QED) is 0.315. The maximum absolute atomic E-state index is 14.0. The minimum atomic E-state index is -4.87. The number of carbonyl (C=O) groups is 2. The molecule has 2 saturated heterocycles. The second-order valence-electron chi connectivity index (χ2n) is 10.5. The van der Waals surface area contributed by atoms with E-state index in [-0.39, 0.29) is 28.0 Å². The number of likely N-dealkylation sites (tertiary alicyclic amines) is 1. The number of hydrogen-bond acceptors (Lipinski definition) is 8. The molecule has 9 nitrogen and oxygen atoms in total. The number of carboxylic acids is 1. The Morgan fingerprint density at radius 3 is 2.52 bits per heavy atom. The molecule has 1 amide bonds. The van der Waals surface area contributed by atoms with Crippen LogP contribution < -0.4 is 10.2 Å². The van der Waals surface area contributed by atoms with Crippen LogP contribution in [0, 0.1) is 11.7 Å². The summed E-state index contributed by atoms with van der Waals surface area (Å²) in [4.78, 5) is 42.0. The summed E-state index contributed by atoms with van der Waals surface area (Å²) in [6, 6.07) is 3.13. The molecular formula is C28H30F4N6O3S. The number of aromatic nitrogens is 3. The molecule has 3 aromatic rings. The number of alkyl halides is 3. The highest BCUT2D eigenvalue weighted by molar-refractivity contribution is 7.16. The lowest BCUT2D eigenvalue weighted by molar-refractivity contribution is -0.142. The minimum Gasteiger partial charge on any atom is -0.481 e. The lowest BCUT2D eigenvalue weighted by atomic mass is 9.97. The number of carboxylic acid groups (broad SMARTS) is 1. The molecule has 14 heteroatoms. The monoisotopic (exact) mass is 606 g/mol. The van der Waals surface area contributed by atoms with Gasteiger partial charge in [-0.2, -0.15) is 13.2 Å². The largest absolute Gasteiger partial charge is 0.481 e. The number of nitrogens with one attached hydrogen (secondary N) is 1. The molecule has 2 fully saturated rings. The molecule has 1 atom stereocenters. The standard InChI is InChI=1S/C28H30F4N6O3S/c1-2-18-4-3-9-38(18)15-22-24(17-5-6-20(29)19(12-17)28(30,31)32)35-27(42-22)36-25(39)21-13-34-23(14-33-21)37-10-7-16(8-11-37)26(40)41/h5-6,12-14,16,18H,2-4,7-11,15H2,1H3,(H,40,41)(H,35,36,39)/t18-/m1/s1. The van der Waals surface area contributed by atoms with Crippen molar-refractivity contribution in [2.24, 2.45) is 5.92 Å². The zero-order valence-corrected chi connectivity index (χ0v) is 23.6. The lowest BCUT2D eigenvalue weighted by Gasteiger charge is -2.30. The molecule has 2 aliphatic rings. The number of piperidine rings is 1. The Morgan fingerprint density at radius 2 is 1.88 bits per heavy atom. The van der Waals surface area contributed by atoms with Crippen molar-refractivity contribution in [3.05, 3.63) is 52.5 Å². The number of hydrogen-bond donors (Lipinski definition) is 2. The fraction of sp³-hybridized carbons (Fsp3) is 0.464. The number of aliphatic carboxylic acids is 1. The van der Waals surface area contributed by atoms with E-state index in [2.05, 4.69) is 32.1 Å². The van der Waals surface area contributed by atoms with Gasteiger partial charge in [-0.15, -0.1) is 0 Å². The predicted molar refractivity (Wildman–Crippen MR) is 149 cm³/mol. The van der Waals surface area contributed by atoms with E-state index in [0.29, 0.717) is 49.2 Å². The smallest absolute Gasteiger partial charge is 0.419 e.